The van der Waals surface area contributed by atoms with Crippen LogP contribution in [0.15, 0.2) is 16.4 Å². The van der Waals surface area contributed by atoms with Crippen LogP contribution in [0.4, 0.5) is 0 Å². The highest BCUT2D eigenvalue weighted by atomic mass is 32.2. The van der Waals surface area contributed by atoms with Crippen molar-refractivity contribution >= 4 is 52.6 Å². The molecule has 14 heteroatoms. The number of nitrogens with one attached hydrogen (secondary N) is 2. The molecule has 0 aliphatic carbocycles. The number of nitrogens with zero attached hydrogens (tertiary/aromatic N) is 5. The van der Waals surface area contributed by atoms with Gasteiger partial charge in [0.15, 0.2) is 0 Å². The Balaban J connectivity index is 1.90. The number of aromatic nitrogens is 4. The Morgan fingerprint density at radius 1 is 1.62 bits per heavy atom. The molecule has 1 amide bonds. The largest absolute Gasteiger partial charge is 0.477 e. The molecular weight excluding hydrogens is 438 g/mol. The van der Waals surface area contributed by atoms with E-state index in [0.717, 1.165) is 0 Å². The lowest BCUT2D eigenvalue weighted by Crippen LogP contribution is -2.80. The third kappa shape index (κ3) is 3.59. The molecule has 2 aliphatic heterocycles. The predicted octanol–water partition coefficient (Wildman–Crippen LogP) is 0.353. The number of carbonyl (C=O) groups excluding carboxylic acids is 1. The van der Waals surface area contributed by atoms with Gasteiger partial charge in [0.1, 0.15) is 11.1 Å². The third-order valence-electron chi connectivity index (χ3n) is 4.59. The molecule has 1 aromatic rings. The highest BCUT2D eigenvalue weighted by Gasteiger charge is 2.66. The van der Waals surface area contributed by atoms with Crippen LogP contribution in [0.3, 0.4) is 0 Å². The van der Waals surface area contributed by atoms with Crippen LogP contribution >= 0.6 is 35.7 Å². The van der Waals surface area contributed by atoms with Crippen molar-refractivity contribution in [2.45, 2.75) is 35.4 Å². The number of rotatable bonds is 7. The number of aliphatic carboxylic acids is 1. The van der Waals surface area contributed by atoms with Crippen LogP contribution in [0.1, 0.15) is 13.8 Å². The summed E-state index contributed by atoms with van der Waals surface area (Å²) < 4.78 is 5.46. The zero-order chi connectivity index (χ0) is 21.3. The highest BCUT2D eigenvalue weighted by Crippen LogP contribution is 2.48. The van der Waals surface area contributed by atoms with Crippen LogP contribution in [0.2, 0.25) is 0 Å². The average molecular weight is 456 g/mol. The van der Waals surface area contributed by atoms with E-state index < -0.39 is 28.9 Å². The van der Waals surface area contributed by atoms with Gasteiger partial charge in [0.05, 0.1) is 17.0 Å². The molecule has 0 saturated carbocycles. The number of carboxylic acid groups (broad SMARTS) is 1. The molecule has 0 aromatic carbocycles. The summed E-state index contributed by atoms with van der Waals surface area (Å²) in [4.78, 5) is 26.4. The molecule has 29 heavy (non-hydrogen) atoms. The van der Waals surface area contributed by atoms with E-state index in [1.807, 2.05) is 13.0 Å². The molecule has 11 nitrogen and oxygen atoms in total. The number of tetrazole rings is 1. The number of β-lactam (4-membered cyclic amide) rings is 1. The summed E-state index contributed by atoms with van der Waals surface area (Å²) in [6.45, 7) is 3.42. The molecule has 1 fully saturated rings. The van der Waals surface area contributed by atoms with E-state index in [1.165, 1.54) is 35.5 Å². The summed E-state index contributed by atoms with van der Waals surface area (Å²) >= 11 is 7.82. The average Bonchev–Trinajstić information content (AvgIpc) is 3.22. The summed E-state index contributed by atoms with van der Waals surface area (Å²) in [6.07, 6.45) is 0. The molecule has 3 N–H and O–H groups in total. The van der Waals surface area contributed by atoms with E-state index in [9.17, 15) is 14.7 Å². The van der Waals surface area contributed by atoms with E-state index in [-0.39, 0.29) is 15.9 Å². The second-order valence-electron chi connectivity index (χ2n) is 6.26. The fourth-order valence-electron chi connectivity index (χ4n) is 3.00. The summed E-state index contributed by atoms with van der Waals surface area (Å²) in [5, 5.41) is 34.7. The van der Waals surface area contributed by atoms with Crippen molar-refractivity contribution in [1.82, 2.24) is 30.8 Å². The van der Waals surface area contributed by atoms with Crippen molar-refractivity contribution in [3.63, 3.8) is 0 Å². The maximum atomic E-state index is 13.0. The van der Waals surface area contributed by atoms with Crippen LogP contribution in [0.5, 0.6) is 0 Å². The van der Waals surface area contributed by atoms with Gasteiger partial charge in [0.2, 0.25) is 5.16 Å². The lowest BCUT2D eigenvalue weighted by molar-refractivity contribution is -0.187. The molecule has 1 aromatic heterocycles. The Labute approximate surface area is 179 Å². The Hall–Kier alpha value is -2.21. The number of thioether (sulfide) groups is 2. The van der Waals surface area contributed by atoms with Gasteiger partial charge in [-0.3, -0.25) is 9.69 Å². The minimum absolute atomic E-state index is 0.0834. The van der Waals surface area contributed by atoms with E-state index in [2.05, 4.69) is 25.9 Å². The minimum atomic E-state index is -1.51. The molecule has 0 bridgehead atoms. The fraction of sp³-hybridized carbons (Fsp3) is 0.533. The van der Waals surface area contributed by atoms with Crippen LogP contribution in [-0.4, -0.2) is 76.7 Å². The number of hydrogen-bond donors (Lipinski definition) is 3. The molecular formula is C15H17N7O4S3. The van der Waals surface area contributed by atoms with Crippen LogP contribution in [0, 0.1) is 17.2 Å². The van der Waals surface area contributed by atoms with E-state index in [1.54, 1.807) is 6.92 Å². The number of methoxy groups -OCH3 is 1. The first kappa shape index (κ1) is 21.5. The van der Waals surface area contributed by atoms with Crippen molar-refractivity contribution in [3.05, 3.63) is 11.3 Å². The Kier molecular flexibility index (Phi) is 6.13. The number of amides is 1. The number of carboxylic acids is 1. The quantitative estimate of drug-likeness (QED) is 0.225. The van der Waals surface area contributed by atoms with Crippen molar-refractivity contribution in [1.29, 1.82) is 5.26 Å². The number of ether oxygens (including phenoxy) is 1. The van der Waals surface area contributed by atoms with Crippen molar-refractivity contribution < 1.29 is 19.4 Å². The van der Waals surface area contributed by atoms with Crippen molar-refractivity contribution in [2.75, 3.05) is 12.9 Å². The van der Waals surface area contributed by atoms with E-state index in [4.69, 9.17) is 22.2 Å². The van der Waals surface area contributed by atoms with E-state index >= 15 is 0 Å². The van der Waals surface area contributed by atoms with Gasteiger partial charge in [-0.25, -0.2) is 9.89 Å². The summed E-state index contributed by atoms with van der Waals surface area (Å²) in [7, 11) is 1.34. The van der Waals surface area contributed by atoms with Gasteiger partial charge in [-0.2, -0.15) is 5.26 Å². The summed E-state index contributed by atoms with van der Waals surface area (Å²) in [6, 6.07) is 2.00. The highest BCUT2D eigenvalue weighted by molar-refractivity contribution is 8.01. The molecule has 0 spiro atoms. The summed E-state index contributed by atoms with van der Waals surface area (Å²) in [5.74, 6) is -2.04. The first-order valence-corrected chi connectivity index (χ1v) is 10.7. The molecule has 3 unspecified atom stereocenters. The zero-order valence-corrected chi connectivity index (χ0v) is 18.0. The molecule has 154 valence electrons. The fourth-order valence-corrected chi connectivity index (χ4v) is 5.73. The lowest BCUT2D eigenvalue weighted by atomic mass is 9.97. The van der Waals surface area contributed by atoms with Gasteiger partial charge < -0.3 is 15.2 Å². The number of thiocarbonyl (C=S) groups is 1. The molecule has 3 rings (SSSR count). The summed E-state index contributed by atoms with van der Waals surface area (Å²) in [5.41, 5.74) is -1.02. The first-order chi connectivity index (χ1) is 13.8. The molecule has 2 aliphatic rings. The minimum Gasteiger partial charge on any atom is -0.477 e. The normalized spacial score (nSPS) is 25.5. The van der Waals surface area contributed by atoms with Gasteiger partial charge in [0.25, 0.3) is 11.6 Å². The number of H-pyrrole nitrogens is 1. The van der Waals surface area contributed by atoms with Crippen LogP contribution < -0.4 is 5.32 Å². The van der Waals surface area contributed by atoms with Gasteiger partial charge in [-0.05, 0) is 29.8 Å². The smallest absolute Gasteiger partial charge is 0.352 e. The molecule has 0 radical (unpaired) electrons. The third-order valence-corrected chi connectivity index (χ3v) is 7.41. The molecule has 1 saturated heterocycles. The topological polar surface area (TPSA) is 157 Å². The predicted molar refractivity (Wildman–Crippen MR) is 108 cm³/mol. The van der Waals surface area contributed by atoms with E-state index in [0.29, 0.717) is 16.5 Å². The number of carbonyl (C=O) groups is 2. The van der Waals surface area contributed by atoms with Gasteiger partial charge >= 0.3 is 5.97 Å². The maximum Gasteiger partial charge on any atom is 0.352 e. The second-order valence-corrected chi connectivity index (χ2v) is 9.10. The van der Waals surface area contributed by atoms with Crippen LogP contribution in [-0.2, 0) is 14.3 Å². The Bertz CT molecular complexity index is 916. The maximum absolute atomic E-state index is 13.0. The SMILES string of the molecule is COC1(NC(=S)C(C)C#N)C(=O)N2C(C(=O)O)=C(C(C)Sc3nnn[nH]3)CS[C@H]21. The van der Waals surface area contributed by atoms with Crippen molar-refractivity contribution in [3.8, 4) is 6.07 Å². The standard InChI is InChI=1S/C15H17N7O4S3/c1-6(4-16)10(27)17-15(26-3)12(25)22-9(11(23)24)8(5-28-13(15)22)7(2)29-14-18-20-21-19-14/h6-7,13H,5H2,1-3H3,(H,17,27)(H,23,24)(H,18,19,20,21)/t6?,7?,13-,15?/m0/s1. The first-order valence-electron chi connectivity index (χ1n) is 8.35. The Morgan fingerprint density at radius 2 is 2.34 bits per heavy atom. The second kappa shape index (κ2) is 8.27. The Morgan fingerprint density at radius 3 is 2.90 bits per heavy atom. The molecule has 3 heterocycles. The number of hydrogen-bond acceptors (Lipinski definition) is 10. The lowest BCUT2D eigenvalue weighted by Gasteiger charge is -2.56. The number of nitriles is 1. The van der Waals surface area contributed by atoms with Crippen molar-refractivity contribution in [2.24, 2.45) is 5.92 Å². The zero-order valence-electron chi connectivity index (χ0n) is 15.6. The number of aromatic amines is 1. The molecule has 4 atom stereocenters. The monoisotopic (exact) mass is 455 g/mol. The van der Waals surface area contributed by atoms with Gasteiger partial charge in [-0.15, -0.1) is 16.9 Å². The number of fused-ring (bicyclic) bond motifs is 1. The van der Waals surface area contributed by atoms with Crippen LogP contribution in [0.25, 0.3) is 0 Å². The van der Waals surface area contributed by atoms with Gasteiger partial charge in [0, 0.05) is 18.1 Å². The van der Waals surface area contributed by atoms with Gasteiger partial charge in [-0.1, -0.05) is 24.0 Å².